The Labute approximate surface area is 164 Å². The van der Waals surface area contributed by atoms with Gasteiger partial charge in [0.2, 0.25) is 0 Å². The van der Waals surface area contributed by atoms with Crippen LogP contribution in [0.5, 0.6) is 0 Å². The van der Waals surface area contributed by atoms with E-state index >= 15 is 0 Å². The van der Waals surface area contributed by atoms with Crippen molar-refractivity contribution in [3.63, 3.8) is 0 Å². The summed E-state index contributed by atoms with van der Waals surface area (Å²) in [6.07, 6.45) is 0. The van der Waals surface area contributed by atoms with Crippen molar-refractivity contribution >= 4 is 29.6 Å². The van der Waals surface area contributed by atoms with E-state index in [1.807, 2.05) is 58.0 Å². The van der Waals surface area contributed by atoms with Gasteiger partial charge in [0.05, 0.1) is 34.9 Å². The quantitative estimate of drug-likeness (QED) is 0.559. The van der Waals surface area contributed by atoms with E-state index in [4.69, 9.17) is 14.0 Å². The van der Waals surface area contributed by atoms with Gasteiger partial charge in [-0.3, -0.25) is 0 Å². The third-order valence-electron chi connectivity index (χ3n) is 5.61. The standard InChI is InChI=1S/C21H23BN2O4/c1-20(2)21(3,4)28-22(27-20)15-10-11-16-17(12-15)24-18(23-16)13-6-8-14(9-7-13)19(25)26-5/h6-12H,1-5H3,(H,23,24). The first-order valence-corrected chi connectivity index (χ1v) is 9.24. The van der Waals surface area contributed by atoms with Crippen molar-refractivity contribution in [3.05, 3.63) is 48.0 Å². The summed E-state index contributed by atoms with van der Waals surface area (Å²) in [5.74, 6) is 0.376. The highest BCUT2D eigenvalue weighted by Crippen LogP contribution is 2.36. The molecule has 144 valence electrons. The normalized spacial score (nSPS) is 17.8. The fourth-order valence-electron chi connectivity index (χ4n) is 3.17. The zero-order valence-corrected chi connectivity index (χ0v) is 16.7. The van der Waals surface area contributed by atoms with Gasteiger partial charge in [-0.2, -0.15) is 0 Å². The number of carbonyl (C=O) groups is 1. The molecule has 2 aromatic carbocycles. The van der Waals surface area contributed by atoms with Crippen molar-refractivity contribution in [1.29, 1.82) is 0 Å². The van der Waals surface area contributed by atoms with Crippen LogP contribution in [0.4, 0.5) is 0 Å². The zero-order chi connectivity index (χ0) is 20.1. The van der Waals surface area contributed by atoms with Crippen LogP contribution in [0.3, 0.4) is 0 Å². The lowest BCUT2D eigenvalue weighted by molar-refractivity contribution is 0.00578. The third-order valence-corrected chi connectivity index (χ3v) is 5.61. The number of methoxy groups -OCH3 is 1. The first-order chi connectivity index (χ1) is 13.2. The number of esters is 1. The molecule has 1 aromatic heterocycles. The number of carbonyl (C=O) groups excluding carboxylic acids is 1. The second kappa shape index (κ2) is 6.46. The van der Waals surface area contributed by atoms with E-state index in [9.17, 15) is 4.79 Å². The van der Waals surface area contributed by atoms with E-state index in [0.717, 1.165) is 27.9 Å². The second-order valence-electron chi connectivity index (χ2n) is 8.02. The molecule has 28 heavy (non-hydrogen) atoms. The number of nitrogens with zero attached hydrogens (tertiary/aromatic N) is 1. The molecule has 6 nitrogen and oxygen atoms in total. The summed E-state index contributed by atoms with van der Waals surface area (Å²) in [6, 6.07) is 13.1. The maximum atomic E-state index is 11.6. The Hall–Kier alpha value is -2.64. The van der Waals surface area contributed by atoms with Crippen molar-refractivity contribution in [3.8, 4) is 11.4 Å². The van der Waals surface area contributed by atoms with E-state index in [0.29, 0.717) is 5.56 Å². The molecule has 1 aliphatic rings. The Morgan fingerprint density at radius 1 is 1.04 bits per heavy atom. The lowest BCUT2D eigenvalue weighted by Crippen LogP contribution is -2.41. The van der Waals surface area contributed by atoms with Crippen LogP contribution in [-0.4, -0.2) is 41.4 Å². The maximum Gasteiger partial charge on any atom is 0.494 e. The van der Waals surface area contributed by atoms with Crippen LogP contribution in [0, 0.1) is 0 Å². The average molecular weight is 378 g/mol. The van der Waals surface area contributed by atoms with Gasteiger partial charge in [0, 0.05) is 5.56 Å². The lowest BCUT2D eigenvalue weighted by atomic mass is 9.79. The molecule has 0 aliphatic carbocycles. The topological polar surface area (TPSA) is 73.4 Å². The highest BCUT2D eigenvalue weighted by atomic mass is 16.7. The van der Waals surface area contributed by atoms with Crippen molar-refractivity contribution in [1.82, 2.24) is 9.97 Å². The molecular formula is C21H23BN2O4. The van der Waals surface area contributed by atoms with Crippen LogP contribution in [0.1, 0.15) is 38.1 Å². The lowest BCUT2D eigenvalue weighted by Gasteiger charge is -2.32. The number of ether oxygens (including phenoxy) is 1. The number of hydrogen-bond acceptors (Lipinski definition) is 5. The number of aromatic nitrogens is 2. The molecule has 0 amide bonds. The Balaban J connectivity index is 1.63. The van der Waals surface area contributed by atoms with E-state index < -0.39 is 7.12 Å². The molecule has 0 unspecified atom stereocenters. The number of imidazole rings is 1. The van der Waals surface area contributed by atoms with Gasteiger partial charge in [-0.25, -0.2) is 9.78 Å². The molecule has 0 saturated carbocycles. The van der Waals surface area contributed by atoms with Crippen LogP contribution in [0.25, 0.3) is 22.4 Å². The van der Waals surface area contributed by atoms with Gasteiger partial charge in [-0.05, 0) is 57.4 Å². The van der Waals surface area contributed by atoms with Crippen LogP contribution in [0.15, 0.2) is 42.5 Å². The predicted molar refractivity (Wildman–Crippen MR) is 109 cm³/mol. The molecule has 0 radical (unpaired) electrons. The highest BCUT2D eigenvalue weighted by molar-refractivity contribution is 6.62. The molecule has 0 atom stereocenters. The van der Waals surface area contributed by atoms with E-state index in [2.05, 4.69) is 9.97 Å². The minimum absolute atomic E-state index is 0.358. The Bertz CT molecular complexity index is 1020. The Morgan fingerprint density at radius 2 is 1.68 bits per heavy atom. The van der Waals surface area contributed by atoms with Crippen LogP contribution >= 0.6 is 0 Å². The van der Waals surface area contributed by atoms with Gasteiger partial charge in [-0.1, -0.05) is 18.2 Å². The number of rotatable bonds is 3. The molecule has 1 fully saturated rings. The SMILES string of the molecule is COC(=O)c1ccc(-c2nc3ccc(B4OC(C)(C)C(C)(C)O4)cc3[nH]2)cc1. The van der Waals surface area contributed by atoms with Crippen LogP contribution in [0.2, 0.25) is 0 Å². The molecule has 0 spiro atoms. The molecule has 2 heterocycles. The maximum absolute atomic E-state index is 11.6. The van der Waals surface area contributed by atoms with Crippen LogP contribution < -0.4 is 5.46 Å². The molecule has 0 bridgehead atoms. The highest BCUT2D eigenvalue weighted by Gasteiger charge is 2.51. The van der Waals surface area contributed by atoms with Gasteiger partial charge in [0.15, 0.2) is 0 Å². The summed E-state index contributed by atoms with van der Waals surface area (Å²) in [5, 5.41) is 0. The fraction of sp³-hybridized carbons (Fsp3) is 0.333. The summed E-state index contributed by atoms with van der Waals surface area (Å²) >= 11 is 0. The number of aromatic amines is 1. The van der Waals surface area contributed by atoms with Crippen molar-refractivity contribution in [2.24, 2.45) is 0 Å². The van der Waals surface area contributed by atoms with Crippen molar-refractivity contribution < 1.29 is 18.8 Å². The first-order valence-electron chi connectivity index (χ1n) is 9.24. The number of H-pyrrole nitrogens is 1. The van der Waals surface area contributed by atoms with E-state index in [1.165, 1.54) is 7.11 Å². The van der Waals surface area contributed by atoms with E-state index in [-0.39, 0.29) is 17.2 Å². The number of hydrogen-bond donors (Lipinski definition) is 1. The van der Waals surface area contributed by atoms with Crippen molar-refractivity contribution in [2.45, 2.75) is 38.9 Å². The minimum Gasteiger partial charge on any atom is -0.465 e. The smallest absolute Gasteiger partial charge is 0.465 e. The molecule has 7 heteroatoms. The monoisotopic (exact) mass is 378 g/mol. The number of nitrogens with one attached hydrogen (secondary N) is 1. The molecule has 3 aromatic rings. The summed E-state index contributed by atoms with van der Waals surface area (Å²) in [6.45, 7) is 8.16. The molecule has 1 saturated heterocycles. The Morgan fingerprint density at radius 3 is 2.29 bits per heavy atom. The molecule has 1 aliphatic heterocycles. The largest absolute Gasteiger partial charge is 0.494 e. The second-order valence-corrected chi connectivity index (χ2v) is 8.02. The number of benzene rings is 2. The first kappa shape index (κ1) is 18.7. The fourth-order valence-corrected chi connectivity index (χ4v) is 3.17. The summed E-state index contributed by atoms with van der Waals surface area (Å²) in [5.41, 5.74) is 3.33. The number of fused-ring (bicyclic) bond motifs is 1. The minimum atomic E-state index is -0.416. The molecule has 4 rings (SSSR count). The molecular weight excluding hydrogens is 355 g/mol. The summed E-state index contributed by atoms with van der Waals surface area (Å²) < 4.78 is 17.0. The van der Waals surface area contributed by atoms with Gasteiger partial charge < -0.3 is 19.0 Å². The summed E-state index contributed by atoms with van der Waals surface area (Å²) in [4.78, 5) is 19.6. The van der Waals surface area contributed by atoms with Crippen molar-refractivity contribution in [2.75, 3.05) is 7.11 Å². The van der Waals surface area contributed by atoms with Gasteiger partial charge in [0.25, 0.3) is 0 Å². The van der Waals surface area contributed by atoms with E-state index in [1.54, 1.807) is 12.1 Å². The average Bonchev–Trinajstić information content (AvgIpc) is 3.18. The zero-order valence-electron chi connectivity index (χ0n) is 16.7. The van der Waals surface area contributed by atoms with Gasteiger partial charge >= 0.3 is 13.1 Å². The Kier molecular flexibility index (Phi) is 4.32. The summed E-state index contributed by atoms with van der Waals surface area (Å²) in [7, 11) is 0.952. The van der Waals surface area contributed by atoms with Crippen LogP contribution in [-0.2, 0) is 14.0 Å². The van der Waals surface area contributed by atoms with Gasteiger partial charge in [-0.15, -0.1) is 0 Å². The predicted octanol–water partition coefficient (Wildman–Crippen LogP) is 3.32. The van der Waals surface area contributed by atoms with Gasteiger partial charge in [0.1, 0.15) is 5.82 Å². The third kappa shape index (κ3) is 3.10. The molecule has 1 N–H and O–H groups in total.